The van der Waals surface area contributed by atoms with Crippen LogP contribution in [0.1, 0.15) is 49.8 Å². The maximum absolute atomic E-state index is 5.95. The lowest BCUT2D eigenvalue weighted by Gasteiger charge is -2.12. The normalized spacial score (nSPS) is 21.8. The Kier molecular flexibility index (Phi) is 4.74. The summed E-state index contributed by atoms with van der Waals surface area (Å²) in [5.74, 6) is 2.53. The molecular formula is C20H28N2O2. The first kappa shape index (κ1) is 15.9. The third-order valence-electron chi connectivity index (χ3n) is 5.57. The molecule has 4 nitrogen and oxygen atoms in total. The van der Waals surface area contributed by atoms with Crippen LogP contribution >= 0.6 is 0 Å². The number of fused-ring (bicyclic) bond motifs is 1. The number of ether oxygens (including phenoxy) is 1. The van der Waals surface area contributed by atoms with Crippen molar-refractivity contribution in [1.82, 2.24) is 10.5 Å². The van der Waals surface area contributed by atoms with Crippen molar-refractivity contribution in [2.24, 2.45) is 11.8 Å². The van der Waals surface area contributed by atoms with Crippen molar-refractivity contribution in [3.8, 4) is 5.75 Å². The van der Waals surface area contributed by atoms with Gasteiger partial charge in [0.05, 0.1) is 12.3 Å². The van der Waals surface area contributed by atoms with Gasteiger partial charge in [0.2, 0.25) is 0 Å². The fraction of sp³-hybridized carbons (Fsp3) is 0.650. The van der Waals surface area contributed by atoms with E-state index in [0.717, 1.165) is 59.4 Å². The SMILES string of the molecule is Cc1c(OCC2CC2)ccc2c(CCC3CCCNCC3)noc12. The molecule has 2 fully saturated rings. The van der Waals surface area contributed by atoms with Gasteiger partial charge in [0, 0.05) is 10.9 Å². The molecule has 24 heavy (non-hydrogen) atoms. The summed E-state index contributed by atoms with van der Waals surface area (Å²) in [6.07, 6.45) is 8.76. The predicted molar refractivity (Wildman–Crippen MR) is 95.5 cm³/mol. The molecule has 2 heterocycles. The molecule has 1 aromatic carbocycles. The Bertz CT molecular complexity index is 682. The van der Waals surface area contributed by atoms with Crippen LogP contribution in [0.5, 0.6) is 5.75 Å². The number of rotatable bonds is 6. The molecule has 0 radical (unpaired) electrons. The summed E-state index contributed by atoms with van der Waals surface area (Å²) in [5.41, 5.74) is 3.10. The van der Waals surface area contributed by atoms with E-state index in [2.05, 4.69) is 29.5 Å². The quantitative estimate of drug-likeness (QED) is 0.861. The zero-order valence-corrected chi connectivity index (χ0v) is 14.6. The van der Waals surface area contributed by atoms with E-state index >= 15 is 0 Å². The van der Waals surface area contributed by atoms with E-state index in [1.54, 1.807) is 0 Å². The van der Waals surface area contributed by atoms with E-state index in [9.17, 15) is 0 Å². The maximum Gasteiger partial charge on any atom is 0.173 e. The van der Waals surface area contributed by atoms with Gasteiger partial charge >= 0.3 is 0 Å². The molecule has 2 aliphatic rings. The second kappa shape index (κ2) is 7.14. The van der Waals surface area contributed by atoms with Gasteiger partial charge in [0.1, 0.15) is 5.75 Å². The number of hydrogen-bond donors (Lipinski definition) is 1. The van der Waals surface area contributed by atoms with E-state index in [1.165, 1.54) is 45.1 Å². The minimum atomic E-state index is 0.763. The Morgan fingerprint density at radius 2 is 2.08 bits per heavy atom. The van der Waals surface area contributed by atoms with Crippen LogP contribution in [0.25, 0.3) is 11.0 Å². The topological polar surface area (TPSA) is 47.3 Å². The van der Waals surface area contributed by atoms with Gasteiger partial charge in [-0.2, -0.15) is 0 Å². The number of nitrogens with one attached hydrogen (secondary N) is 1. The molecule has 4 heteroatoms. The summed E-state index contributed by atoms with van der Waals surface area (Å²) >= 11 is 0. The van der Waals surface area contributed by atoms with Gasteiger partial charge in [-0.05, 0) is 88.9 Å². The largest absolute Gasteiger partial charge is 0.493 e. The van der Waals surface area contributed by atoms with Crippen molar-refractivity contribution < 1.29 is 9.26 Å². The summed E-state index contributed by atoms with van der Waals surface area (Å²) in [7, 11) is 0. The molecule has 4 rings (SSSR count). The lowest BCUT2D eigenvalue weighted by atomic mass is 9.94. The summed E-state index contributed by atoms with van der Waals surface area (Å²) in [6, 6.07) is 4.22. The Hall–Kier alpha value is -1.55. The molecule has 1 aliphatic carbocycles. The first-order valence-electron chi connectivity index (χ1n) is 9.52. The van der Waals surface area contributed by atoms with Crippen molar-refractivity contribution in [1.29, 1.82) is 0 Å². The smallest absolute Gasteiger partial charge is 0.173 e. The molecule has 1 aromatic heterocycles. The highest BCUT2D eigenvalue weighted by Gasteiger charge is 2.23. The molecular weight excluding hydrogens is 300 g/mol. The van der Waals surface area contributed by atoms with Crippen LogP contribution in [0.15, 0.2) is 16.7 Å². The minimum absolute atomic E-state index is 0.763. The summed E-state index contributed by atoms with van der Waals surface area (Å²) in [6.45, 7) is 5.25. The van der Waals surface area contributed by atoms with Crippen LogP contribution in [0.2, 0.25) is 0 Å². The van der Waals surface area contributed by atoms with Crippen molar-refractivity contribution in [2.45, 2.75) is 51.9 Å². The van der Waals surface area contributed by atoms with Gasteiger partial charge in [-0.25, -0.2) is 0 Å². The second-order valence-electron chi connectivity index (χ2n) is 7.53. The molecule has 0 bridgehead atoms. The zero-order chi connectivity index (χ0) is 16.4. The van der Waals surface area contributed by atoms with E-state index in [1.807, 2.05) is 0 Å². The maximum atomic E-state index is 5.95. The second-order valence-corrected chi connectivity index (χ2v) is 7.53. The molecule has 1 aliphatic heterocycles. The van der Waals surface area contributed by atoms with Crippen LogP contribution in [0.4, 0.5) is 0 Å². The van der Waals surface area contributed by atoms with Gasteiger partial charge in [0.25, 0.3) is 0 Å². The fourth-order valence-corrected chi connectivity index (χ4v) is 3.72. The third kappa shape index (κ3) is 3.59. The molecule has 1 unspecified atom stereocenters. The highest BCUT2D eigenvalue weighted by molar-refractivity contribution is 5.84. The van der Waals surface area contributed by atoms with Crippen LogP contribution < -0.4 is 10.1 Å². The Labute approximate surface area is 143 Å². The minimum Gasteiger partial charge on any atom is -0.493 e. The average Bonchev–Trinajstić information content (AvgIpc) is 3.37. The van der Waals surface area contributed by atoms with Gasteiger partial charge in [0.15, 0.2) is 5.58 Å². The van der Waals surface area contributed by atoms with Crippen LogP contribution in [-0.4, -0.2) is 24.9 Å². The molecule has 130 valence electrons. The predicted octanol–water partition coefficient (Wildman–Crippen LogP) is 4.25. The van der Waals surface area contributed by atoms with Gasteiger partial charge in [-0.15, -0.1) is 0 Å². The fourth-order valence-electron chi connectivity index (χ4n) is 3.72. The Morgan fingerprint density at radius 3 is 2.96 bits per heavy atom. The molecule has 0 amide bonds. The standard InChI is InChI=1S/C20H28N2O2/c1-14-19(23-13-16-4-5-16)9-7-17-18(22-24-20(14)17)8-6-15-3-2-11-21-12-10-15/h7,9,15-16,21H,2-6,8,10-13H2,1H3. The molecule has 2 aromatic rings. The monoisotopic (exact) mass is 328 g/mol. The summed E-state index contributed by atoms with van der Waals surface area (Å²) < 4.78 is 11.6. The molecule has 1 saturated heterocycles. The number of nitrogens with zero attached hydrogens (tertiary/aromatic N) is 1. The van der Waals surface area contributed by atoms with Gasteiger partial charge in [-0.1, -0.05) is 5.16 Å². The zero-order valence-electron chi connectivity index (χ0n) is 14.6. The molecule has 1 saturated carbocycles. The third-order valence-corrected chi connectivity index (χ3v) is 5.57. The Morgan fingerprint density at radius 1 is 1.17 bits per heavy atom. The molecule has 1 atom stereocenters. The van der Waals surface area contributed by atoms with E-state index in [-0.39, 0.29) is 0 Å². The van der Waals surface area contributed by atoms with Crippen LogP contribution in [0, 0.1) is 18.8 Å². The highest BCUT2D eigenvalue weighted by atomic mass is 16.5. The van der Waals surface area contributed by atoms with Crippen molar-refractivity contribution in [2.75, 3.05) is 19.7 Å². The highest BCUT2D eigenvalue weighted by Crippen LogP contribution is 2.33. The lowest BCUT2D eigenvalue weighted by Crippen LogP contribution is -2.14. The molecule has 0 spiro atoms. The summed E-state index contributed by atoms with van der Waals surface area (Å²) in [5, 5.41) is 9.02. The van der Waals surface area contributed by atoms with Gasteiger partial charge in [-0.3, -0.25) is 0 Å². The number of aromatic nitrogens is 1. The van der Waals surface area contributed by atoms with Crippen molar-refractivity contribution >= 4 is 11.0 Å². The summed E-state index contributed by atoms with van der Waals surface area (Å²) in [4.78, 5) is 0. The first-order chi connectivity index (χ1) is 11.8. The van der Waals surface area contributed by atoms with E-state index < -0.39 is 0 Å². The number of hydrogen-bond acceptors (Lipinski definition) is 4. The van der Waals surface area contributed by atoms with Gasteiger partial charge < -0.3 is 14.6 Å². The Balaban J connectivity index is 1.44. The average molecular weight is 328 g/mol. The van der Waals surface area contributed by atoms with Crippen molar-refractivity contribution in [3.05, 3.63) is 23.4 Å². The molecule has 1 N–H and O–H groups in total. The van der Waals surface area contributed by atoms with Crippen LogP contribution in [0.3, 0.4) is 0 Å². The number of aryl methyl sites for hydroxylation is 2. The first-order valence-corrected chi connectivity index (χ1v) is 9.52. The van der Waals surface area contributed by atoms with E-state index in [4.69, 9.17) is 9.26 Å². The van der Waals surface area contributed by atoms with Crippen LogP contribution in [-0.2, 0) is 6.42 Å². The van der Waals surface area contributed by atoms with E-state index in [0.29, 0.717) is 0 Å². The lowest BCUT2D eigenvalue weighted by molar-refractivity contribution is 0.297. The van der Waals surface area contributed by atoms with Crippen molar-refractivity contribution in [3.63, 3.8) is 0 Å². The number of benzene rings is 1.